The van der Waals surface area contributed by atoms with E-state index >= 15 is 0 Å². The van der Waals surface area contributed by atoms with Gasteiger partial charge in [-0.2, -0.15) is 5.26 Å². The van der Waals surface area contributed by atoms with Gasteiger partial charge in [0.05, 0.1) is 22.7 Å². The predicted octanol–water partition coefficient (Wildman–Crippen LogP) is 4.89. The summed E-state index contributed by atoms with van der Waals surface area (Å²) < 4.78 is 0. The second-order valence-corrected chi connectivity index (χ2v) is 7.75. The zero-order valence-corrected chi connectivity index (χ0v) is 17.1. The van der Waals surface area contributed by atoms with Crippen molar-refractivity contribution < 1.29 is 9.90 Å². The summed E-state index contributed by atoms with van der Waals surface area (Å²) in [7, 11) is 0. The summed E-state index contributed by atoms with van der Waals surface area (Å²) in [5.41, 5.74) is 4.04. The van der Waals surface area contributed by atoms with Crippen LogP contribution in [-0.2, 0) is 0 Å². The molecule has 6 nitrogen and oxygen atoms in total. The third-order valence-electron chi connectivity index (χ3n) is 5.73. The molecule has 1 aromatic heterocycles. The number of carboxylic acid groups (broad SMARTS) is 1. The van der Waals surface area contributed by atoms with Crippen LogP contribution in [0, 0.1) is 18.3 Å². The number of pyridine rings is 1. The first-order chi connectivity index (χ1) is 14.5. The largest absolute Gasteiger partial charge is 0.478 e. The molecule has 0 spiro atoms. The van der Waals surface area contributed by atoms with Crippen molar-refractivity contribution in [2.45, 2.75) is 32.7 Å². The molecule has 152 valence electrons. The fourth-order valence-electron chi connectivity index (χ4n) is 4.16. The maximum absolute atomic E-state index is 11.6. The Labute approximate surface area is 175 Å². The van der Waals surface area contributed by atoms with Gasteiger partial charge in [-0.1, -0.05) is 18.2 Å². The lowest BCUT2D eigenvalue weighted by Crippen LogP contribution is -2.19. The number of aromatic carboxylic acids is 1. The minimum absolute atomic E-state index is 0.194. The molecular formula is C24H24N4O2. The van der Waals surface area contributed by atoms with Crippen molar-refractivity contribution in [1.29, 1.82) is 5.26 Å². The highest BCUT2D eigenvalue weighted by atomic mass is 16.4. The molecule has 1 aliphatic heterocycles. The molecule has 0 radical (unpaired) electrons. The SMILES string of the molecule is Cc1cc(C(C)Nc2ccccc2C(=O)O)c2nc(N3CCCC3)ccc2c1C#N. The van der Waals surface area contributed by atoms with Crippen molar-refractivity contribution >= 4 is 28.4 Å². The Kier molecular flexibility index (Phi) is 5.28. The molecule has 1 saturated heterocycles. The number of fused-ring (bicyclic) bond motifs is 1. The van der Waals surface area contributed by atoms with E-state index in [1.54, 1.807) is 18.2 Å². The van der Waals surface area contributed by atoms with Crippen LogP contribution in [0.4, 0.5) is 11.5 Å². The van der Waals surface area contributed by atoms with Crippen LogP contribution < -0.4 is 10.2 Å². The van der Waals surface area contributed by atoms with Gasteiger partial charge < -0.3 is 15.3 Å². The Bertz CT molecular complexity index is 1160. The number of para-hydroxylation sites is 1. The number of benzene rings is 2. The number of nitriles is 1. The highest BCUT2D eigenvalue weighted by Gasteiger charge is 2.20. The molecule has 0 bridgehead atoms. The first-order valence-corrected chi connectivity index (χ1v) is 10.2. The molecule has 2 aromatic carbocycles. The van der Waals surface area contributed by atoms with E-state index in [2.05, 4.69) is 16.3 Å². The highest BCUT2D eigenvalue weighted by molar-refractivity contribution is 5.95. The van der Waals surface area contributed by atoms with Crippen molar-refractivity contribution in [2.24, 2.45) is 0 Å². The number of aromatic nitrogens is 1. The molecule has 1 aliphatic rings. The molecule has 1 unspecified atom stereocenters. The van der Waals surface area contributed by atoms with E-state index < -0.39 is 5.97 Å². The Morgan fingerprint density at radius 1 is 1.23 bits per heavy atom. The number of hydrogen-bond acceptors (Lipinski definition) is 5. The molecule has 2 heterocycles. The first-order valence-electron chi connectivity index (χ1n) is 10.2. The van der Waals surface area contributed by atoms with Crippen LogP contribution in [0.5, 0.6) is 0 Å². The third-order valence-corrected chi connectivity index (χ3v) is 5.73. The monoisotopic (exact) mass is 400 g/mol. The van der Waals surface area contributed by atoms with Gasteiger partial charge in [-0.15, -0.1) is 0 Å². The molecule has 0 aliphatic carbocycles. The van der Waals surface area contributed by atoms with E-state index in [4.69, 9.17) is 4.98 Å². The maximum Gasteiger partial charge on any atom is 0.337 e. The van der Waals surface area contributed by atoms with E-state index in [1.165, 1.54) is 0 Å². The minimum Gasteiger partial charge on any atom is -0.478 e. The molecular weight excluding hydrogens is 376 g/mol. The Balaban J connectivity index is 1.82. The standard InChI is InChI=1S/C24H24N4O2/c1-15-13-19(16(2)26-21-8-4-3-7-18(21)24(29)30)23-17(20(15)14-25)9-10-22(27-23)28-11-5-6-12-28/h3-4,7-10,13,16,26H,5-6,11-12H2,1-2H3,(H,29,30). The summed E-state index contributed by atoms with van der Waals surface area (Å²) in [6, 6.07) is 15.0. The summed E-state index contributed by atoms with van der Waals surface area (Å²) in [4.78, 5) is 18.8. The molecule has 0 amide bonds. The molecule has 6 heteroatoms. The maximum atomic E-state index is 11.6. The normalized spacial score (nSPS) is 14.5. The summed E-state index contributed by atoms with van der Waals surface area (Å²) in [5, 5.41) is 23.4. The minimum atomic E-state index is -0.972. The van der Waals surface area contributed by atoms with Crippen LogP contribution >= 0.6 is 0 Å². The van der Waals surface area contributed by atoms with E-state index in [1.807, 2.05) is 38.1 Å². The van der Waals surface area contributed by atoms with Crippen LogP contribution in [0.15, 0.2) is 42.5 Å². The third kappa shape index (κ3) is 3.55. The second kappa shape index (κ2) is 8.03. The van der Waals surface area contributed by atoms with Gasteiger partial charge in [0.2, 0.25) is 0 Å². The smallest absolute Gasteiger partial charge is 0.337 e. The van der Waals surface area contributed by atoms with Crippen molar-refractivity contribution in [2.75, 3.05) is 23.3 Å². The lowest BCUT2D eigenvalue weighted by atomic mass is 9.95. The van der Waals surface area contributed by atoms with E-state index in [-0.39, 0.29) is 11.6 Å². The van der Waals surface area contributed by atoms with E-state index in [0.29, 0.717) is 11.3 Å². The van der Waals surface area contributed by atoms with Crippen LogP contribution in [0.3, 0.4) is 0 Å². The second-order valence-electron chi connectivity index (χ2n) is 7.75. The van der Waals surface area contributed by atoms with Crippen LogP contribution in [0.1, 0.15) is 52.9 Å². The molecule has 30 heavy (non-hydrogen) atoms. The van der Waals surface area contributed by atoms with Crippen molar-refractivity contribution in [1.82, 2.24) is 4.98 Å². The van der Waals surface area contributed by atoms with Gasteiger partial charge in [-0.05, 0) is 56.5 Å². The topological polar surface area (TPSA) is 89.2 Å². The van der Waals surface area contributed by atoms with Crippen molar-refractivity contribution in [3.63, 3.8) is 0 Å². The first kappa shape index (κ1) is 19.7. The average molecular weight is 400 g/mol. The number of carbonyl (C=O) groups is 1. The Hall–Kier alpha value is -3.59. The van der Waals surface area contributed by atoms with Gasteiger partial charge in [0, 0.05) is 29.7 Å². The Morgan fingerprint density at radius 3 is 2.67 bits per heavy atom. The number of hydrogen-bond donors (Lipinski definition) is 2. The number of nitrogens with zero attached hydrogens (tertiary/aromatic N) is 3. The van der Waals surface area contributed by atoms with Crippen LogP contribution in [0.2, 0.25) is 0 Å². The quantitative estimate of drug-likeness (QED) is 0.634. The fraction of sp³-hybridized carbons (Fsp3) is 0.292. The van der Waals surface area contributed by atoms with Gasteiger partial charge in [-0.3, -0.25) is 0 Å². The summed E-state index contributed by atoms with van der Waals surface area (Å²) >= 11 is 0. The fourth-order valence-corrected chi connectivity index (χ4v) is 4.16. The molecule has 2 N–H and O–H groups in total. The Morgan fingerprint density at radius 2 is 1.97 bits per heavy atom. The molecule has 1 atom stereocenters. The van der Waals surface area contributed by atoms with Gasteiger partial charge in [0.1, 0.15) is 11.9 Å². The summed E-state index contributed by atoms with van der Waals surface area (Å²) in [5.74, 6) is -0.0484. The zero-order chi connectivity index (χ0) is 21.3. The van der Waals surface area contributed by atoms with Gasteiger partial charge in [0.15, 0.2) is 0 Å². The summed E-state index contributed by atoms with van der Waals surface area (Å²) in [6.45, 7) is 5.89. The van der Waals surface area contributed by atoms with Crippen LogP contribution in [0.25, 0.3) is 10.9 Å². The van der Waals surface area contributed by atoms with Gasteiger partial charge in [0.25, 0.3) is 0 Å². The highest BCUT2D eigenvalue weighted by Crippen LogP contribution is 2.33. The summed E-state index contributed by atoms with van der Waals surface area (Å²) in [6.07, 6.45) is 2.32. The number of rotatable bonds is 5. The lowest BCUT2D eigenvalue weighted by molar-refractivity contribution is 0.0698. The van der Waals surface area contributed by atoms with E-state index in [9.17, 15) is 15.2 Å². The number of carboxylic acids is 1. The predicted molar refractivity (Wildman–Crippen MR) is 118 cm³/mol. The molecule has 3 aromatic rings. The van der Waals surface area contributed by atoms with Crippen molar-refractivity contribution in [3.8, 4) is 6.07 Å². The number of aryl methyl sites for hydroxylation is 1. The zero-order valence-electron chi connectivity index (χ0n) is 17.1. The van der Waals surface area contributed by atoms with Gasteiger partial charge in [-0.25, -0.2) is 9.78 Å². The van der Waals surface area contributed by atoms with E-state index in [0.717, 1.165) is 53.8 Å². The molecule has 0 saturated carbocycles. The number of anilines is 2. The molecule has 4 rings (SSSR count). The number of nitrogens with one attached hydrogen (secondary N) is 1. The van der Waals surface area contributed by atoms with Crippen LogP contribution in [-0.4, -0.2) is 29.1 Å². The van der Waals surface area contributed by atoms with Gasteiger partial charge >= 0.3 is 5.97 Å². The average Bonchev–Trinajstić information content (AvgIpc) is 3.28. The lowest BCUT2D eigenvalue weighted by Gasteiger charge is -2.22. The molecule has 1 fully saturated rings. The van der Waals surface area contributed by atoms with Crippen molar-refractivity contribution in [3.05, 3.63) is 64.7 Å².